The third-order valence-electron chi connectivity index (χ3n) is 5.00. The van der Waals surface area contributed by atoms with E-state index in [0.29, 0.717) is 6.42 Å². The zero-order chi connectivity index (χ0) is 14.8. The fourth-order valence-corrected chi connectivity index (χ4v) is 3.14. The summed E-state index contributed by atoms with van der Waals surface area (Å²) >= 11 is 0. The number of hydrogen-bond donors (Lipinski definition) is 0. The molecule has 1 atom stereocenters. The first kappa shape index (κ1) is 15.5. The molecule has 2 heterocycles. The Labute approximate surface area is 122 Å². The highest BCUT2D eigenvalue weighted by Gasteiger charge is 2.39. The van der Waals surface area contributed by atoms with E-state index in [1.165, 1.54) is 12.8 Å². The normalized spacial score (nSPS) is 24.4. The van der Waals surface area contributed by atoms with Crippen molar-refractivity contribution in [1.29, 1.82) is 0 Å². The molecular formula is C16H28N2O2. The minimum absolute atomic E-state index is 0.215. The Morgan fingerprint density at radius 1 is 1.10 bits per heavy atom. The molecule has 0 aromatic heterocycles. The molecule has 4 nitrogen and oxygen atoms in total. The van der Waals surface area contributed by atoms with E-state index >= 15 is 0 Å². The van der Waals surface area contributed by atoms with Gasteiger partial charge in [0.2, 0.25) is 5.78 Å². The van der Waals surface area contributed by atoms with Gasteiger partial charge in [-0.25, -0.2) is 0 Å². The average molecular weight is 280 g/mol. The summed E-state index contributed by atoms with van der Waals surface area (Å²) in [6.07, 6.45) is 5.32. The standard InChI is InChI=1S/C16H28N2O2/c1-4-16(2,3)14(19)15(20)18-11-7-8-13(18)12-17-9-5-6-10-17/h13H,4-12H2,1-3H3. The van der Waals surface area contributed by atoms with Crippen molar-refractivity contribution in [2.75, 3.05) is 26.2 Å². The highest BCUT2D eigenvalue weighted by Crippen LogP contribution is 2.26. The van der Waals surface area contributed by atoms with Crippen LogP contribution in [0.1, 0.15) is 52.9 Å². The van der Waals surface area contributed by atoms with Gasteiger partial charge in [0.05, 0.1) is 0 Å². The van der Waals surface area contributed by atoms with E-state index in [1.54, 1.807) is 0 Å². The Hall–Kier alpha value is -0.900. The van der Waals surface area contributed by atoms with Crippen molar-refractivity contribution >= 4 is 11.7 Å². The molecule has 0 spiro atoms. The molecule has 0 saturated carbocycles. The van der Waals surface area contributed by atoms with Crippen molar-refractivity contribution in [1.82, 2.24) is 9.80 Å². The molecule has 0 aromatic rings. The van der Waals surface area contributed by atoms with Crippen molar-refractivity contribution < 1.29 is 9.59 Å². The maximum atomic E-state index is 12.5. The fourth-order valence-electron chi connectivity index (χ4n) is 3.14. The lowest BCUT2D eigenvalue weighted by Crippen LogP contribution is -2.48. The van der Waals surface area contributed by atoms with E-state index in [-0.39, 0.29) is 17.7 Å². The van der Waals surface area contributed by atoms with E-state index in [1.807, 2.05) is 25.7 Å². The first-order valence-corrected chi connectivity index (χ1v) is 8.03. The summed E-state index contributed by atoms with van der Waals surface area (Å²) in [5, 5.41) is 0. The second kappa shape index (κ2) is 6.25. The molecule has 1 unspecified atom stereocenters. The second-order valence-electron chi connectivity index (χ2n) is 6.87. The van der Waals surface area contributed by atoms with E-state index < -0.39 is 5.41 Å². The maximum Gasteiger partial charge on any atom is 0.290 e. The Morgan fingerprint density at radius 3 is 2.35 bits per heavy atom. The van der Waals surface area contributed by atoms with Crippen LogP contribution in [-0.4, -0.2) is 53.7 Å². The van der Waals surface area contributed by atoms with Gasteiger partial charge in [0.1, 0.15) is 0 Å². The minimum Gasteiger partial charge on any atom is -0.332 e. The van der Waals surface area contributed by atoms with Crippen LogP contribution in [0.2, 0.25) is 0 Å². The lowest BCUT2D eigenvalue weighted by molar-refractivity contribution is -0.150. The van der Waals surface area contributed by atoms with Gasteiger partial charge in [-0.1, -0.05) is 20.8 Å². The van der Waals surface area contributed by atoms with Gasteiger partial charge in [0.15, 0.2) is 0 Å². The van der Waals surface area contributed by atoms with Crippen LogP contribution in [0.15, 0.2) is 0 Å². The molecule has 0 N–H and O–H groups in total. The summed E-state index contributed by atoms with van der Waals surface area (Å²) in [7, 11) is 0. The molecule has 4 heteroatoms. The predicted molar refractivity (Wildman–Crippen MR) is 79.5 cm³/mol. The number of nitrogens with zero attached hydrogens (tertiary/aromatic N) is 2. The molecule has 0 radical (unpaired) electrons. The summed E-state index contributed by atoms with van der Waals surface area (Å²) < 4.78 is 0. The second-order valence-corrected chi connectivity index (χ2v) is 6.87. The van der Waals surface area contributed by atoms with Gasteiger partial charge in [0, 0.05) is 24.5 Å². The smallest absolute Gasteiger partial charge is 0.290 e. The zero-order valence-corrected chi connectivity index (χ0v) is 13.2. The van der Waals surface area contributed by atoms with E-state index in [2.05, 4.69) is 4.90 Å². The molecule has 0 aliphatic carbocycles. The summed E-state index contributed by atoms with van der Waals surface area (Å²) in [6.45, 7) is 9.71. The van der Waals surface area contributed by atoms with Crippen molar-refractivity contribution in [3.05, 3.63) is 0 Å². The van der Waals surface area contributed by atoms with Crippen molar-refractivity contribution in [3.63, 3.8) is 0 Å². The quantitative estimate of drug-likeness (QED) is 0.724. The third kappa shape index (κ3) is 3.22. The maximum absolute atomic E-state index is 12.5. The van der Waals surface area contributed by atoms with Crippen molar-refractivity contribution in [3.8, 4) is 0 Å². The van der Waals surface area contributed by atoms with Crippen LogP contribution < -0.4 is 0 Å². The summed E-state index contributed by atoms with van der Waals surface area (Å²) in [4.78, 5) is 29.1. The summed E-state index contributed by atoms with van der Waals surface area (Å²) in [5.74, 6) is -0.466. The van der Waals surface area contributed by atoms with Gasteiger partial charge >= 0.3 is 0 Å². The number of rotatable bonds is 5. The Bertz CT molecular complexity index is 373. The largest absolute Gasteiger partial charge is 0.332 e. The van der Waals surface area contributed by atoms with Crippen molar-refractivity contribution in [2.45, 2.75) is 58.9 Å². The molecular weight excluding hydrogens is 252 g/mol. The van der Waals surface area contributed by atoms with Crippen LogP contribution in [-0.2, 0) is 9.59 Å². The molecule has 2 rings (SSSR count). The zero-order valence-electron chi connectivity index (χ0n) is 13.2. The molecule has 0 bridgehead atoms. The number of likely N-dealkylation sites (tertiary alicyclic amines) is 2. The molecule has 2 aliphatic rings. The lowest BCUT2D eigenvalue weighted by atomic mass is 9.84. The van der Waals surface area contributed by atoms with E-state index in [0.717, 1.165) is 39.0 Å². The third-order valence-corrected chi connectivity index (χ3v) is 5.00. The molecule has 114 valence electrons. The lowest BCUT2D eigenvalue weighted by Gasteiger charge is -2.30. The summed E-state index contributed by atoms with van der Waals surface area (Å²) in [6, 6.07) is 0.247. The van der Waals surface area contributed by atoms with Crippen LogP contribution in [0, 0.1) is 5.41 Å². The molecule has 2 fully saturated rings. The topological polar surface area (TPSA) is 40.6 Å². The Kier molecular flexibility index (Phi) is 4.84. The number of hydrogen-bond acceptors (Lipinski definition) is 3. The van der Waals surface area contributed by atoms with Crippen LogP contribution in [0.3, 0.4) is 0 Å². The van der Waals surface area contributed by atoms with E-state index in [4.69, 9.17) is 0 Å². The van der Waals surface area contributed by atoms with Gasteiger partial charge in [0.25, 0.3) is 5.91 Å². The minimum atomic E-state index is -0.530. The molecule has 20 heavy (non-hydrogen) atoms. The first-order chi connectivity index (χ1) is 9.45. The summed E-state index contributed by atoms with van der Waals surface area (Å²) in [5.41, 5.74) is -0.530. The molecule has 1 amide bonds. The molecule has 0 aromatic carbocycles. The number of Topliss-reactive ketones (excluding diaryl/α,β-unsaturated/α-hetero) is 1. The predicted octanol–water partition coefficient (Wildman–Crippen LogP) is 2.08. The van der Waals surface area contributed by atoms with Crippen molar-refractivity contribution in [2.24, 2.45) is 5.41 Å². The number of carbonyl (C=O) groups excluding carboxylic acids is 2. The highest BCUT2D eigenvalue weighted by molar-refractivity contribution is 6.38. The Morgan fingerprint density at radius 2 is 1.75 bits per heavy atom. The fraction of sp³-hybridized carbons (Fsp3) is 0.875. The van der Waals surface area contributed by atoms with E-state index in [9.17, 15) is 9.59 Å². The van der Waals surface area contributed by atoms with Gasteiger partial charge < -0.3 is 9.80 Å². The number of ketones is 1. The highest BCUT2D eigenvalue weighted by atomic mass is 16.2. The number of amides is 1. The molecule has 2 saturated heterocycles. The van der Waals surface area contributed by atoms with Gasteiger partial charge in [-0.2, -0.15) is 0 Å². The van der Waals surface area contributed by atoms with Crippen LogP contribution in [0.5, 0.6) is 0 Å². The first-order valence-electron chi connectivity index (χ1n) is 8.03. The SMILES string of the molecule is CCC(C)(C)C(=O)C(=O)N1CCCC1CN1CCCC1. The van der Waals surface area contributed by atoms with Crippen LogP contribution in [0.25, 0.3) is 0 Å². The monoisotopic (exact) mass is 280 g/mol. The van der Waals surface area contributed by atoms with Gasteiger partial charge in [-0.05, 0) is 45.2 Å². The van der Waals surface area contributed by atoms with Gasteiger partial charge in [-0.3, -0.25) is 9.59 Å². The number of carbonyl (C=O) groups is 2. The van der Waals surface area contributed by atoms with Gasteiger partial charge in [-0.15, -0.1) is 0 Å². The molecule has 2 aliphatic heterocycles. The average Bonchev–Trinajstić information content (AvgIpc) is 3.09. The Balaban J connectivity index is 1.98. The van der Waals surface area contributed by atoms with Crippen LogP contribution >= 0.6 is 0 Å². The van der Waals surface area contributed by atoms with Crippen LogP contribution in [0.4, 0.5) is 0 Å².